The van der Waals surface area contributed by atoms with E-state index in [-0.39, 0.29) is 17.1 Å². The number of rotatable bonds is 2. The van der Waals surface area contributed by atoms with Gasteiger partial charge in [0.1, 0.15) is 11.4 Å². The summed E-state index contributed by atoms with van der Waals surface area (Å²) < 4.78 is 5.94. The van der Waals surface area contributed by atoms with E-state index in [1.165, 1.54) is 31.2 Å². The number of ether oxygens (including phenoxy) is 1. The summed E-state index contributed by atoms with van der Waals surface area (Å²) in [6, 6.07) is 5.61. The maximum absolute atomic E-state index is 11.8. The number of fused-ring (bicyclic) bond motifs is 1. The van der Waals surface area contributed by atoms with Gasteiger partial charge in [-0.05, 0) is 18.2 Å². The lowest BCUT2D eigenvalue weighted by Crippen LogP contribution is -2.25. The van der Waals surface area contributed by atoms with Gasteiger partial charge < -0.3 is 4.74 Å². The standard InChI is InChI=1S/C13H9Cl2NO4/c1-7(17)16-11(18)5-2-8-9(15)3-4-10(13(8)16)20-12(19)6-14/h2-5H,6H2,1H3. The van der Waals surface area contributed by atoms with Gasteiger partial charge in [-0.15, -0.1) is 11.6 Å². The van der Waals surface area contributed by atoms with Crippen LogP contribution in [0.3, 0.4) is 0 Å². The molecule has 0 atom stereocenters. The fourth-order valence-corrected chi connectivity index (χ4v) is 2.11. The van der Waals surface area contributed by atoms with Crippen LogP contribution in [0.25, 0.3) is 10.9 Å². The van der Waals surface area contributed by atoms with E-state index in [0.29, 0.717) is 10.4 Å². The Balaban J connectivity index is 2.85. The van der Waals surface area contributed by atoms with Gasteiger partial charge in [0, 0.05) is 18.4 Å². The zero-order chi connectivity index (χ0) is 14.9. The summed E-state index contributed by atoms with van der Waals surface area (Å²) in [7, 11) is 0. The highest BCUT2D eigenvalue weighted by atomic mass is 35.5. The topological polar surface area (TPSA) is 65.4 Å². The molecule has 20 heavy (non-hydrogen) atoms. The van der Waals surface area contributed by atoms with Gasteiger partial charge in [0.05, 0.1) is 5.02 Å². The molecule has 0 aliphatic rings. The van der Waals surface area contributed by atoms with Crippen molar-refractivity contribution in [2.75, 3.05) is 5.88 Å². The highest BCUT2D eigenvalue weighted by Gasteiger charge is 2.16. The highest BCUT2D eigenvalue weighted by Crippen LogP contribution is 2.30. The van der Waals surface area contributed by atoms with Crippen LogP contribution in [0.15, 0.2) is 29.1 Å². The van der Waals surface area contributed by atoms with E-state index >= 15 is 0 Å². The molecule has 104 valence electrons. The van der Waals surface area contributed by atoms with Crippen molar-refractivity contribution in [2.45, 2.75) is 6.92 Å². The van der Waals surface area contributed by atoms with E-state index in [1.54, 1.807) is 0 Å². The molecule has 0 N–H and O–H groups in total. The molecule has 0 radical (unpaired) electrons. The second kappa shape index (κ2) is 5.64. The van der Waals surface area contributed by atoms with E-state index in [2.05, 4.69) is 0 Å². The van der Waals surface area contributed by atoms with Crippen LogP contribution < -0.4 is 10.3 Å². The lowest BCUT2D eigenvalue weighted by Gasteiger charge is -2.12. The molecule has 0 saturated heterocycles. The lowest BCUT2D eigenvalue weighted by atomic mass is 10.2. The predicted octanol–water partition coefficient (Wildman–Crippen LogP) is 2.46. The molecule has 1 heterocycles. The summed E-state index contributed by atoms with van der Waals surface area (Å²) in [5.74, 6) is -1.49. The van der Waals surface area contributed by atoms with Crippen LogP contribution in [0.1, 0.15) is 11.7 Å². The fraction of sp³-hybridized carbons (Fsp3) is 0.154. The number of benzene rings is 1. The van der Waals surface area contributed by atoms with Crippen molar-refractivity contribution in [3.05, 3.63) is 39.6 Å². The maximum Gasteiger partial charge on any atom is 0.326 e. The smallest absolute Gasteiger partial charge is 0.326 e. The number of aromatic nitrogens is 1. The minimum atomic E-state index is -0.693. The van der Waals surface area contributed by atoms with Crippen LogP contribution in [-0.2, 0) is 4.79 Å². The molecule has 0 bridgehead atoms. The average Bonchev–Trinajstić information content (AvgIpc) is 2.41. The minimum Gasteiger partial charge on any atom is -0.423 e. The van der Waals surface area contributed by atoms with Crippen LogP contribution in [0, 0.1) is 0 Å². The normalized spacial score (nSPS) is 10.6. The largest absolute Gasteiger partial charge is 0.423 e. The molecule has 1 aromatic heterocycles. The number of nitrogens with zero attached hydrogens (tertiary/aromatic N) is 1. The van der Waals surface area contributed by atoms with Crippen LogP contribution in [0.4, 0.5) is 0 Å². The first kappa shape index (κ1) is 14.6. The first-order chi connectivity index (χ1) is 9.45. The number of esters is 1. The number of hydrogen-bond acceptors (Lipinski definition) is 4. The summed E-state index contributed by atoms with van der Waals surface area (Å²) in [4.78, 5) is 34.8. The molecular weight excluding hydrogens is 305 g/mol. The van der Waals surface area contributed by atoms with Crippen molar-refractivity contribution < 1.29 is 14.3 Å². The van der Waals surface area contributed by atoms with Crippen molar-refractivity contribution in [3.8, 4) is 5.75 Å². The molecule has 0 unspecified atom stereocenters. The second-order valence-corrected chi connectivity index (χ2v) is 4.62. The van der Waals surface area contributed by atoms with Gasteiger partial charge in [0.25, 0.3) is 5.56 Å². The number of carbonyl (C=O) groups is 2. The van der Waals surface area contributed by atoms with Gasteiger partial charge >= 0.3 is 5.97 Å². The van der Waals surface area contributed by atoms with Gasteiger partial charge in [-0.1, -0.05) is 11.6 Å². The summed E-state index contributed by atoms with van der Waals surface area (Å²) in [5, 5.41) is 0.766. The Morgan fingerprint density at radius 1 is 1.25 bits per heavy atom. The van der Waals surface area contributed by atoms with Crippen molar-refractivity contribution in [2.24, 2.45) is 0 Å². The number of hydrogen-bond donors (Lipinski definition) is 0. The number of carbonyl (C=O) groups excluding carboxylic acids is 2. The Bertz CT molecular complexity index is 767. The van der Waals surface area contributed by atoms with E-state index in [9.17, 15) is 14.4 Å². The van der Waals surface area contributed by atoms with E-state index in [0.717, 1.165) is 4.57 Å². The van der Waals surface area contributed by atoms with Crippen LogP contribution in [-0.4, -0.2) is 22.3 Å². The average molecular weight is 314 g/mol. The van der Waals surface area contributed by atoms with Crippen molar-refractivity contribution in [3.63, 3.8) is 0 Å². The molecule has 0 spiro atoms. The second-order valence-electron chi connectivity index (χ2n) is 3.94. The first-order valence-corrected chi connectivity index (χ1v) is 6.49. The lowest BCUT2D eigenvalue weighted by molar-refractivity contribution is -0.131. The van der Waals surface area contributed by atoms with Crippen LogP contribution in [0.2, 0.25) is 5.02 Å². The Kier molecular flexibility index (Phi) is 4.11. The fourth-order valence-electron chi connectivity index (χ4n) is 1.84. The minimum absolute atomic E-state index is 0.0583. The predicted molar refractivity (Wildman–Crippen MR) is 75.9 cm³/mol. The zero-order valence-corrected chi connectivity index (χ0v) is 11.9. The van der Waals surface area contributed by atoms with Crippen molar-refractivity contribution in [1.82, 2.24) is 4.57 Å². The van der Waals surface area contributed by atoms with Gasteiger partial charge in [-0.3, -0.25) is 14.4 Å². The van der Waals surface area contributed by atoms with Gasteiger partial charge in [0.15, 0.2) is 5.75 Å². The molecule has 5 nitrogen and oxygen atoms in total. The summed E-state index contributed by atoms with van der Waals surface area (Å²) in [5.41, 5.74) is -0.383. The van der Waals surface area contributed by atoms with Crippen LogP contribution >= 0.6 is 23.2 Å². The Labute approximate surface area is 123 Å². The van der Waals surface area contributed by atoms with E-state index in [1.807, 2.05) is 0 Å². The number of halogens is 2. The van der Waals surface area contributed by atoms with Gasteiger partial charge in [-0.25, -0.2) is 4.57 Å². The maximum atomic E-state index is 11.8. The number of alkyl halides is 1. The third-order valence-corrected chi connectivity index (χ3v) is 3.16. The SMILES string of the molecule is CC(=O)n1c(=O)ccc2c(Cl)ccc(OC(=O)CCl)c21. The quantitative estimate of drug-likeness (QED) is 0.485. The number of pyridine rings is 1. The summed E-state index contributed by atoms with van der Waals surface area (Å²) in [6.45, 7) is 1.23. The summed E-state index contributed by atoms with van der Waals surface area (Å²) >= 11 is 11.4. The molecule has 0 saturated carbocycles. The first-order valence-electron chi connectivity index (χ1n) is 5.57. The van der Waals surface area contributed by atoms with Crippen LogP contribution in [0.5, 0.6) is 5.75 Å². The Morgan fingerprint density at radius 3 is 2.55 bits per heavy atom. The van der Waals surface area contributed by atoms with E-state index < -0.39 is 17.4 Å². The highest BCUT2D eigenvalue weighted by molar-refractivity contribution is 6.35. The molecule has 1 aromatic carbocycles. The van der Waals surface area contributed by atoms with Crippen molar-refractivity contribution in [1.29, 1.82) is 0 Å². The Morgan fingerprint density at radius 2 is 1.95 bits per heavy atom. The van der Waals surface area contributed by atoms with Crippen molar-refractivity contribution >= 4 is 46.0 Å². The molecular formula is C13H9Cl2NO4. The van der Waals surface area contributed by atoms with Gasteiger partial charge in [-0.2, -0.15) is 0 Å². The Hall–Kier alpha value is -1.85. The summed E-state index contributed by atoms with van der Waals surface area (Å²) in [6.07, 6.45) is 0. The molecule has 0 aliphatic heterocycles. The van der Waals surface area contributed by atoms with E-state index in [4.69, 9.17) is 27.9 Å². The zero-order valence-electron chi connectivity index (χ0n) is 10.4. The molecule has 7 heteroatoms. The monoisotopic (exact) mass is 313 g/mol. The molecule has 2 rings (SSSR count). The molecule has 2 aromatic rings. The third-order valence-electron chi connectivity index (χ3n) is 2.61. The third kappa shape index (κ3) is 2.55. The molecule has 0 aliphatic carbocycles. The molecule has 0 fully saturated rings. The van der Waals surface area contributed by atoms with Gasteiger partial charge in [0.2, 0.25) is 5.91 Å². The molecule has 0 amide bonds.